The van der Waals surface area contributed by atoms with Crippen LogP contribution in [0.25, 0.3) is 0 Å². The Balaban J connectivity index is 0.00000256. The molecular weight excluding hydrogens is 507 g/mol. The van der Waals surface area contributed by atoms with Gasteiger partial charge in [0, 0.05) is 29.8 Å². The maximum Gasteiger partial charge on any atom is 0.191 e. The molecule has 6 nitrogen and oxygen atoms in total. The fourth-order valence-corrected chi connectivity index (χ4v) is 4.43. The summed E-state index contributed by atoms with van der Waals surface area (Å²) in [6, 6.07) is 19.1. The SMILES string of the molecule is CN=C(NCc1cccc(Cn2cncn2)c1)NCC1(Sc2ccccc2)CC1.I. The van der Waals surface area contributed by atoms with E-state index in [9.17, 15) is 0 Å². The van der Waals surface area contributed by atoms with Crippen LogP contribution < -0.4 is 10.6 Å². The number of aromatic nitrogens is 3. The lowest BCUT2D eigenvalue weighted by Gasteiger charge is -2.18. The molecule has 0 spiro atoms. The summed E-state index contributed by atoms with van der Waals surface area (Å²) in [5, 5.41) is 11.1. The van der Waals surface area contributed by atoms with Gasteiger partial charge in [0.05, 0.1) is 6.54 Å². The maximum atomic E-state index is 4.39. The molecule has 0 radical (unpaired) electrons. The number of rotatable bonds is 8. The van der Waals surface area contributed by atoms with Crippen molar-refractivity contribution in [3.63, 3.8) is 0 Å². The van der Waals surface area contributed by atoms with E-state index in [0.717, 1.165) is 25.6 Å². The Morgan fingerprint density at radius 3 is 2.60 bits per heavy atom. The second kappa shape index (κ2) is 10.8. The van der Waals surface area contributed by atoms with Crippen molar-refractivity contribution in [1.82, 2.24) is 25.4 Å². The third-order valence-electron chi connectivity index (χ3n) is 4.95. The molecule has 8 heteroatoms. The monoisotopic (exact) mass is 534 g/mol. The zero-order valence-electron chi connectivity index (χ0n) is 17.0. The Morgan fingerprint density at radius 1 is 1.10 bits per heavy atom. The summed E-state index contributed by atoms with van der Waals surface area (Å²) in [6.07, 6.45) is 5.77. The first-order valence-electron chi connectivity index (χ1n) is 9.84. The summed E-state index contributed by atoms with van der Waals surface area (Å²) >= 11 is 1.97. The van der Waals surface area contributed by atoms with Crippen LogP contribution in [0.4, 0.5) is 0 Å². The van der Waals surface area contributed by atoms with E-state index in [-0.39, 0.29) is 28.7 Å². The predicted octanol–water partition coefficient (Wildman–Crippen LogP) is 3.93. The standard InChI is InChI=1S/C22H26N6S.HI/c1-23-21(26-15-22(10-11-22)29-20-8-3-2-4-9-20)25-13-18-6-5-7-19(12-18)14-28-17-24-16-27-28;/h2-9,12,16-17H,10-11,13-15H2,1H3,(H2,23,25,26);1H. The molecule has 0 amide bonds. The Bertz CT molecular complexity index is 941. The van der Waals surface area contributed by atoms with Crippen molar-refractivity contribution in [1.29, 1.82) is 0 Å². The number of benzene rings is 2. The van der Waals surface area contributed by atoms with Gasteiger partial charge in [-0.3, -0.25) is 4.99 Å². The summed E-state index contributed by atoms with van der Waals surface area (Å²) in [7, 11) is 1.82. The number of hydrogen-bond donors (Lipinski definition) is 2. The third kappa shape index (κ3) is 6.46. The van der Waals surface area contributed by atoms with Crippen LogP contribution in [0.2, 0.25) is 0 Å². The Morgan fingerprint density at radius 2 is 1.90 bits per heavy atom. The van der Waals surface area contributed by atoms with Gasteiger partial charge in [-0.15, -0.1) is 35.7 Å². The first-order chi connectivity index (χ1) is 14.2. The van der Waals surface area contributed by atoms with Crippen LogP contribution in [0, 0.1) is 0 Å². The van der Waals surface area contributed by atoms with E-state index < -0.39 is 0 Å². The average molecular weight is 534 g/mol. The Hall–Kier alpha value is -2.07. The molecule has 1 aliphatic rings. The van der Waals surface area contributed by atoms with Crippen LogP contribution >= 0.6 is 35.7 Å². The van der Waals surface area contributed by atoms with Crippen LogP contribution in [-0.2, 0) is 13.1 Å². The van der Waals surface area contributed by atoms with Gasteiger partial charge in [0.25, 0.3) is 0 Å². The number of thioether (sulfide) groups is 1. The average Bonchev–Trinajstić information content (AvgIpc) is 3.31. The fraction of sp³-hybridized carbons (Fsp3) is 0.318. The van der Waals surface area contributed by atoms with Crippen molar-refractivity contribution in [3.8, 4) is 0 Å². The maximum absolute atomic E-state index is 4.39. The molecule has 30 heavy (non-hydrogen) atoms. The molecule has 0 aliphatic heterocycles. The molecule has 1 aliphatic carbocycles. The summed E-state index contributed by atoms with van der Waals surface area (Å²) in [5.41, 5.74) is 2.42. The van der Waals surface area contributed by atoms with Gasteiger partial charge in [-0.2, -0.15) is 5.10 Å². The first kappa shape index (κ1) is 22.6. The minimum absolute atomic E-state index is 0. The lowest BCUT2D eigenvalue weighted by molar-refractivity contribution is 0.683. The number of hydrogen-bond acceptors (Lipinski definition) is 4. The van der Waals surface area contributed by atoms with E-state index in [1.807, 2.05) is 23.5 Å². The van der Waals surface area contributed by atoms with Gasteiger partial charge in [0.2, 0.25) is 0 Å². The number of nitrogens with zero attached hydrogens (tertiary/aromatic N) is 4. The fourth-order valence-electron chi connectivity index (χ4n) is 3.18. The summed E-state index contributed by atoms with van der Waals surface area (Å²) in [5.74, 6) is 0.839. The Kier molecular flexibility index (Phi) is 8.15. The molecule has 1 heterocycles. The second-order valence-electron chi connectivity index (χ2n) is 7.29. The number of nitrogens with one attached hydrogen (secondary N) is 2. The van der Waals surface area contributed by atoms with Crippen molar-refractivity contribution in [2.24, 2.45) is 4.99 Å². The number of guanidine groups is 1. The van der Waals surface area contributed by atoms with Gasteiger partial charge < -0.3 is 10.6 Å². The van der Waals surface area contributed by atoms with E-state index in [0.29, 0.717) is 0 Å². The molecule has 1 fully saturated rings. The molecular formula is C22H27IN6S. The molecule has 2 aromatic carbocycles. The van der Waals surface area contributed by atoms with Gasteiger partial charge in [0.1, 0.15) is 12.7 Å². The van der Waals surface area contributed by atoms with Gasteiger partial charge >= 0.3 is 0 Å². The Labute approximate surface area is 199 Å². The molecule has 2 N–H and O–H groups in total. The second-order valence-corrected chi connectivity index (χ2v) is 8.83. The highest BCUT2D eigenvalue weighted by atomic mass is 127. The van der Waals surface area contributed by atoms with E-state index >= 15 is 0 Å². The normalized spacial score (nSPS) is 14.6. The van der Waals surface area contributed by atoms with E-state index in [4.69, 9.17) is 0 Å². The quantitative estimate of drug-likeness (QED) is 0.261. The summed E-state index contributed by atoms with van der Waals surface area (Å²) in [6.45, 7) is 2.36. The third-order valence-corrected chi connectivity index (χ3v) is 6.44. The largest absolute Gasteiger partial charge is 0.355 e. The molecule has 3 aromatic rings. The number of halogens is 1. The minimum atomic E-state index is 0. The lowest BCUT2D eigenvalue weighted by Crippen LogP contribution is -2.40. The van der Waals surface area contributed by atoms with E-state index in [1.165, 1.54) is 28.9 Å². The summed E-state index contributed by atoms with van der Waals surface area (Å²) in [4.78, 5) is 9.72. The first-order valence-corrected chi connectivity index (χ1v) is 10.7. The van der Waals surface area contributed by atoms with Crippen LogP contribution in [0.5, 0.6) is 0 Å². The van der Waals surface area contributed by atoms with Gasteiger partial charge in [0.15, 0.2) is 5.96 Å². The number of aliphatic imine (C=N–C) groups is 1. The molecule has 0 atom stereocenters. The minimum Gasteiger partial charge on any atom is -0.355 e. The molecule has 0 bridgehead atoms. The van der Waals surface area contributed by atoms with Gasteiger partial charge in [-0.05, 0) is 36.1 Å². The van der Waals surface area contributed by atoms with Crippen molar-refractivity contribution >= 4 is 41.7 Å². The zero-order valence-corrected chi connectivity index (χ0v) is 20.1. The zero-order chi connectivity index (χ0) is 19.9. The highest BCUT2D eigenvalue weighted by molar-refractivity contribution is 14.0. The van der Waals surface area contributed by atoms with Crippen LogP contribution in [0.1, 0.15) is 24.0 Å². The van der Waals surface area contributed by atoms with Crippen LogP contribution in [0.3, 0.4) is 0 Å². The molecule has 4 rings (SSSR count). The lowest BCUT2D eigenvalue weighted by atomic mass is 10.1. The van der Waals surface area contributed by atoms with Gasteiger partial charge in [-0.25, -0.2) is 9.67 Å². The molecule has 1 saturated carbocycles. The van der Waals surface area contributed by atoms with Crippen LogP contribution in [-0.4, -0.2) is 39.1 Å². The predicted molar refractivity (Wildman–Crippen MR) is 133 cm³/mol. The molecule has 1 aromatic heterocycles. The smallest absolute Gasteiger partial charge is 0.191 e. The van der Waals surface area contributed by atoms with Crippen molar-refractivity contribution in [2.45, 2.75) is 35.6 Å². The topological polar surface area (TPSA) is 67.1 Å². The highest BCUT2D eigenvalue weighted by Crippen LogP contribution is 2.51. The van der Waals surface area contributed by atoms with Crippen molar-refractivity contribution in [3.05, 3.63) is 78.4 Å². The molecule has 0 saturated heterocycles. The van der Waals surface area contributed by atoms with E-state index in [2.05, 4.69) is 80.3 Å². The van der Waals surface area contributed by atoms with Gasteiger partial charge in [-0.1, -0.05) is 42.5 Å². The van der Waals surface area contributed by atoms with E-state index in [1.54, 1.807) is 12.7 Å². The summed E-state index contributed by atoms with van der Waals surface area (Å²) < 4.78 is 2.11. The highest BCUT2D eigenvalue weighted by Gasteiger charge is 2.43. The molecule has 0 unspecified atom stereocenters. The van der Waals surface area contributed by atoms with Crippen molar-refractivity contribution < 1.29 is 0 Å². The molecule has 158 valence electrons. The van der Waals surface area contributed by atoms with Crippen molar-refractivity contribution in [2.75, 3.05) is 13.6 Å². The van der Waals surface area contributed by atoms with Crippen LogP contribution in [0.15, 0.2) is 77.1 Å².